The van der Waals surface area contributed by atoms with Crippen molar-refractivity contribution in [1.82, 2.24) is 0 Å². The second-order valence-corrected chi connectivity index (χ2v) is 11.8. The van der Waals surface area contributed by atoms with E-state index in [-0.39, 0.29) is 21.3 Å². The van der Waals surface area contributed by atoms with E-state index in [1.165, 1.54) is 12.1 Å². The Morgan fingerprint density at radius 1 is 0.796 bits per heavy atom. The molecule has 2 aromatic rings. The molecule has 0 N–H and O–H groups in total. The van der Waals surface area contributed by atoms with Crippen LogP contribution in [0.25, 0.3) is 0 Å². The number of rotatable bonds is 11. The van der Waals surface area contributed by atoms with E-state index in [1.54, 1.807) is 18.2 Å². The fourth-order valence-corrected chi connectivity index (χ4v) is 5.17. The number of ether oxygens (including phenoxy) is 1. The van der Waals surface area contributed by atoms with Crippen molar-refractivity contribution in [2.24, 2.45) is 10.2 Å². The van der Waals surface area contributed by atoms with Crippen molar-refractivity contribution >= 4 is 50.8 Å². The fraction of sp³-hybridized carbons (Fsp3) is 0.280. The normalized spacial score (nSPS) is 17.3. The van der Waals surface area contributed by atoms with Gasteiger partial charge >= 0.3 is 51.2 Å². The number of thioether (sulfide) groups is 1. The molecule has 0 saturated carbocycles. The highest BCUT2D eigenvalue weighted by molar-refractivity contribution is 8.19. The Hall–Kier alpha value is -4.35. The van der Waals surface area contributed by atoms with Crippen molar-refractivity contribution in [3.63, 3.8) is 0 Å². The Labute approximate surface area is 269 Å². The third-order valence-electron chi connectivity index (χ3n) is 5.93. The molecule has 0 spiro atoms. The molecule has 268 valence electrons. The fourth-order valence-electron chi connectivity index (χ4n) is 3.36. The molecule has 2 aromatic carbocycles. The number of para-hydroxylation sites is 1. The summed E-state index contributed by atoms with van der Waals surface area (Å²) in [5, 5.41) is -0.170. The molecule has 0 radical (unpaired) electrons. The number of hydrogen-bond acceptors (Lipinski definition) is 9. The summed E-state index contributed by atoms with van der Waals surface area (Å²) in [7, 11) is -6.49. The second-order valence-electron chi connectivity index (χ2n) is 9.16. The van der Waals surface area contributed by atoms with Crippen LogP contribution in [0.2, 0.25) is 0 Å². The zero-order valence-electron chi connectivity index (χ0n) is 23.4. The number of anilines is 1. The van der Waals surface area contributed by atoms with Gasteiger partial charge in [0.1, 0.15) is 5.75 Å². The first kappa shape index (κ1) is 39.1. The SMILES string of the molecule is COC(=O)/C=C1\S/C(=N\N=C\c2ccc(OS(=O)(=O)C(F)(F)C(F)(F)C(F)(F)C(F)(F)C(F)(F)C(F)(F)F)cc2)N(c2ccccc2)C1=O. The monoisotopic (exact) mass is 763 g/mol. The lowest BCUT2D eigenvalue weighted by atomic mass is 9.98. The van der Waals surface area contributed by atoms with Gasteiger partial charge in [0.15, 0.2) is 0 Å². The van der Waals surface area contributed by atoms with Gasteiger partial charge in [0.05, 0.1) is 23.9 Å². The Bertz CT molecular complexity index is 1780. The molecule has 1 fully saturated rings. The topological polar surface area (TPSA) is 115 Å². The predicted octanol–water partition coefficient (Wildman–Crippen LogP) is 6.62. The van der Waals surface area contributed by atoms with Gasteiger partial charge in [-0.25, -0.2) is 4.79 Å². The Balaban J connectivity index is 1.86. The standard InChI is InChI=1S/C25H14F13N3O6S2/c1-46-17(42)11-16-18(43)41(14-5-3-2-4-6-14)19(48-16)40-39-12-13-7-9-15(10-8-13)47-49(44,45)25(37,38)23(32,33)21(28,29)20(26,27)22(30,31)24(34,35)36/h2-12H,1H3/b16-11-,39-12+,40-19-. The third-order valence-corrected chi connectivity index (χ3v) is 8.18. The molecule has 0 bridgehead atoms. The smallest absolute Gasteiger partial charge is 0.460 e. The van der Waals surface area contributed by atoms with Gasteiger partial charge in [-0.05, 0) is 53.7 Å². The van der Waals surface area contributed by atoms with Gasteiger partial charge < -0.3 is 8.92 Å². The minimum Gasteiger partial charge on any atom is -0.466 e. The van der Waals surface area contributed by atoms with Crippen LogP contribution in [0.4, 0.5) is 62.8 Å². The number of carbonyl (C=O) groups excluding carboxylic acids is 2. The average Bonchev–Trinajstić information content (AvgIpc) is 3.31. The summed E-state index contributed by atoms with van der Waals surface area (Å²) in [6.45, 7) is 0. The van der Waals surface area contributed by atoms with Gasteiger partial charge in [-0.2, -0.15) is 70.6 Å². The lowest BCUT2D eigenvalue weighted by molar-refractivity contribution is -0.433. The molecule has 0 aromatic heterocycles. The average molecular weight is 764 g/mol. The molecular weight excluding hydrogens is 749 g/mol. The minimum atomic E-state index is -8.34. The van der Waals surface area contributed by atoms with E-state index in [9.17, 15) is 75.1 Å². The summed E-state index contributed by atoms with van der Waals surface area (Å²) in [5.41, 5.74) is 0.167. The number of amides is 1. The molecule has 1 aliphatic rings. The van der Waals surface area contributed by atoms with Crippen LogP contribution in [0, 0.1) is 0 Å². The zero-order chi connectivity index (χ0) is 37.4. The molecule has 1 aliphatic heterocycles. The van der Waals surface area contributed by atoms with Gasteiger partial charge in [-0.3, -0.25) is 9.69 Å². The van der Waals surface area contributed by atoms with E-state index in [2.05, 4.69) is 19.1 Å². The lowest BCUT2D eigenvalue weighted by Crippen LogP contribution is -2.71. The van der Waals surface area contributed by atoms with E-state index in [1.807, 2.05) is 0 Å². The lowest BCUT2D eigenvalue weighted by Gasteiger charge is -2.38. The van der Waals surface area contributed by atoms with Crippen LogP contribution in [0.5, 0.6) is 5.75 Å². The molecule has 1 saturated heterocycles. The van der Waals surface area contributed by atoms with Gasteiger partial charge in [0.25, 0.3) is 5.91 Å². The van der Waals surface area contributed by atoms with E-state index >= 15 is 0 Å². The van der Waals surface area contributed by atoms with Crippen LogP contribution in [-0.4, -0.2) is 73.9 Å². The minimum absolute atomic E-state index is 0.113. The van der Waals surface area contributed by atoms with Crippen molar-refractivity contribution < 1.29 is 84.0 Å². The molecule has 49 heavy (non-hydrogen) atoms. The van der Waals surface area contributed by atoms with Gasteiger partial charge in [0, 0.05) is 6.08 Å². The Morgan fingerprint density at radius 3 is 1.84 bits per heavy atom. The first-order valence-corrected chi connectivity index (χ1v) is 14.5. The van der Waals surface area contributed by atoms with Crippen molar-refractivity contribution in [3.8, 4) is 5.75 Å². The Kier molecular flexibility index (Phi) is 10.5. The summed E-state index contributed by atoms with van der Waals surface area (Å²) in [5.74, 6) is -35.8. The molecule has 24 heteroatoms. The number of amidine groups is 1. The highest BCUT2D eigenvalue weighted by Gasteiger charge is 2.93. The molecular formula is C25H14F13N3O6S2. The number of hydrogen-bond donors (Lipinski definition) is 0. The molecule has 3 rings (SSSR count). The molecule has 0 atom stereocenters. The number of nitrogens with zero attached hydrogens (tertiary/aromatic N) is 3. The maximum Gasteiger partial charge on any atom is 0.460 e. The maximum absolute atomic E-state index is 14.2. The van der Waals surface area contributed by atoms with Crippen molar-refractivity contribution in [1.29, 1.82) is 0 Å². The van der Waals surface area contributed by atoms with Crippen LogP contribution in [-0.2, 0) is 24.4 Å². The number of esters is 1. The predicted molar refractivity (Wildman–Crippen MR) is 143 cm³/mol. The van der Waals surface area contributed by atoms with Crippen molar-refractivity contribution in [2.45, 2.75) is 35.1 Å². The summed E-state index contributed by atoms with van der Waals surface area (Å²) in [6.07, 6.45) is -5.93. The summed E-state index contributed by atoms with van der Waals surface area (Å²) < 4.78 is 205. The molecule has 0 aliphatic carbocycles. The second kappa shape index (κ2) is 13.2. The number of benzene rings is 2. The zero-order valence-corrected chi connectivity index (χ0v) is 25.0. The van der Waals surface area contributed by atoms with Crippen LogP contribution in [0.15, 0.2) is 75.8 Å². The maximum atomic E-state index is 14.2. The number of carbonyl (C=O) groups is 2. The van der Waals surface area contributed by atoms with E-state index < -0.39 is 62.9 Å². The Morgan fingerprint density at radius 2 is 1.33 bits per heavy atom. The number of alkyl halides is 13. The van der Waals surface area contributed by atoms with E-state index in [0.29, 0.717) is 23.9 Å². The first-order chi connectivity index (χ1) is 22.3. The quantitative estimate of drug-likeness (QED) is 0.0632. The first-order valence-electron chi connectivity index (χ1n) is 12.2. The number of halogens is 13. The van der Waals surface area contributed by atoms with Crippen LogP contribution >= 0.6 is 11.8 Å². The summed E-state index contributed by atoms with van der Waals surface area (Å²) in [6, 6.07) is 10.0. The molecule has 9 nitrogen and oxygen atoms in total. The highest BCUT2D eigenvalue weighted by Crippen LogP contribution is 2.61. The molecule has 1 heterocycles. The van der Waals surface area contributed by atoms with Crippen molar-refractivity contribution in [3.05, 3.63) is 71.1 Å². The van der Waals surface area contributed by atoms with Gasteiger partial charge in [0.2, 0.25) is 5.17 Å². The highest BCUT2D eigenvalue weighted by atomic mass is 32.2. The number of methoxy groups -OCH3 is 1. The summed E-state index contributed by atoms with van der Waals surface area (Å²) >= 11 is 0.675. The van der Waals surface area contributed by atoms with Gasteiger partial charge in [-0.15, -0.1) is 5.10 Å². The van der Waals surface area contributed by atoms with Gasteiger partial charge in [-0.1, -0.05) is 18.2 Å². The molecule has 1 amide bonds. The molecule has 0 unspecified atom stereocenters. The van der Waals surface area contributed by atoms with E-state index in [4.69, 9.17) is 0 Å². The summed E-state index contributed by atoms with van der Waals surface area (Å²) in [4.78, 5) is 25.4. The third kappa shape index (κ3) is 6.91. The largest absolute Gasteiger partial charge is 0.466 e. The van der Waals surface area contributed by atoms with Crippen LogP contribution in [0.3, 0.4) is 0 Å². The van der Waals surface area contributed by atoms with Crippen LogP contribution < -0.4 is 9.08 Å². The van der Waals surface area contributed by atoms with Crippen molar-refractivity contribution in [2.75, 3.05) is 12.0 Å². The van der Waals surface area contributed by atoms with E-state index in [0.717, 1.165) is 36.4 Å². The van der Waals surface area contributed by atoms with Crippen LogP contribution in [0.1, 0.15) is 5.56 Å².